The van der Waals surface area contributed by atoms with Gasteiger partial charge in [0.05, 0.1) is 6.26 Å². The Balaban J connectivity index is 0.000000360. The Hall–Kier alpha value is -2.88. The van der Waals surface area contributed by atoms with Gasteiger partial charge in [-0.2, -0.15) is 13.2 Å². The summed E-state index contributed by atoms with van der Waals surface area (Å²) in [6, 6.07) is 10.2. The number of rotatable bonds is 3. The first kappa shape index (κ1) is 23.8. The van der Waals surface area contributed by atoms with Crippen molar-refractivity contribution in [3.63, 3.8) is 0 Å². The van der Waals surface area contributed by atoms with Gasteiger partial charge in [-0.15, -0.1) is 0 Å². The van der Waals surface area contributed by atoms with Gasteiger partial charge in [0.2, 0.25) is 0 Å². The van der Waals surface area contributed by atoms with Gasteiger partial charge in [-0.05, 0) is 55.5 Å². The first-order chi connectivity index (χ1) is 15.1. The summed E-state index contributed by atoms with van der Waals surface area (Å²) >= 11 is 0. The van der Waals surface area contributed by atoms with Gasteiger partial charge in [0.1, 0.15) is 5.82 Å². The van der Waals surface area contributed by atoms with Crippen LogP contribution in [0.15, 0.2) is 47.1 Å². The van der Waals surface area contributed by atoms with Crippen LogP contribution in [-0.2, 0) is 11.3 Å². The van der Waals surface area contributed by atoms with Crippen molar-refractivity contribution in [2.45, 2.75) is 43.9 Å². The lowest BCUT2D eigenvalue weighted by atomic mass is 9.84. The molecule has 2 saturated heterocycles. The number of piperidine rings is 1. The molecule has 0 saturated carbocycles. The molecule has 1 N–H and O–H groups in total. The number of carboxylic acids is 1. The lowest BCUT2D eigenvalue weighted by Gasteiger charge is -2.44. The van der Waals surface area contributed by atoms with Gasteiger partial charge in [0.25, 0.3) is 5.91 Å². The molecule has 0 aliphatic carbocycles. The number of amides is 1. The predicted octanol–water partition coefficient (Wildman–Crippen LogP) is 4.32. The molecule has 2 aliphatic heterocycles. The number of alkyl halides is 3. The second-order valence-corrected chi connectivity index (χ2v) is 7.97. The third-order valence-electron chi connectivity index (χ3n) is 5.92. The average Bonchev–Trinajstić information content (AvgIpc) is 3.42. The number of carbonyl (C=O) groups is 2. The Bertz CT molecular complexity index is 905. The van der Waals surface area contributed by atoms with Crippen molar-refractivity contribution >= 4 is 11.9 Å². The summed E-state index contributed by atoms with van der Waals surface area (Å²) in [6.45, 7) is 3.57. The maximum absolute atomic E-state index is 13.0. The molecule has 4 rings (SSSR count). The van der Waals surface area contributed by atoms with Crippen molar-refractivity contribution < 1.29 is 36.7 Å². The maximum atomic E-state index is 13.0. The van der Waals surface area contributed by atoms with E-state index in [9.17, 15) is 22.4 Å². The molecule has 32 heavy (non-hydrogen) atoms. The zero-order valence-corrected chi connectivity index (χ0v) is 17.3. The highest BCUT2D eigenvalue weighted by atomic mass is 19.4. The topological polar surface area (TPSA) is 74.0 Å². The Kier molecular flexibility index (Phi) is 7.22. The van der Waals surface area contributed by atoms with Gasteiger partial charge in [-0.25, -0.2) is 9.18 Å². The number of furan rings is 1. The monoisotopic (exact) mass is 456 g/mol. The van der Waals surface area contributed by atoms with Crippen molar-refractivity contribution in [1.29, 1.82) is 0 Å². The minimum atomic E-state index is -5.08. The van der Waals surface area contributed by atoms with E-state index in [0.717, 1.165) is 57.4 Å². The first-order valence-corrected chi connectivity index (χ1v) is 10.2. The van der Waals surface area contributed by atoms with E-state index < -0.39 is 12.1 Å². The van der Waals surface area contributed by atoms with Crippen LogP contribution in [-0.4, -0.2) is 58.1 Å². The lowest BCUT2D eigenvalue weighted by molar-refractivity contribution is -0.192. The van der Waals surface area contributed by atoms with Crippen LogP contribution < -0.4 is 0 Å². The quantitative estimate of drug-likeness (QED) is 0.697. The molecule has 3 heterocycles. The van der Waals surface area contributed by atoms with E-state index in [2.05, 4.69) is 4.90 Å². The van der Waals surface area contributed by atoms with Crippen LogP contribution in [0.1, 0.15) is 41.8 Å². The molecule has 2 fully saturated rings. The summed E-state index contributed by atoms with van der Waals surface area (Å²) in [5.41, 5.74) is 1.11. The SMILES string of the molecule is O=C(O)C(F)(F)F.O=C(c1ccco1)N1CCCC12CCN(Cc1ccc(F)cc1)CC2. The summed E-state index contributed by atoms with van der Waals surface area (Å²) in [7, 11) is 0. The van der Waals surface area contributed by atoms with Crippen LogP contribution in [0.2, 0.25) is 0 Å². The van der Waals surface area contributed by atoms with E-state index >= 15 is 0 Å². The molecule has 1 aromatic carbocycles. The zero-order valence-electron chi connectivity index (χ0n) is 17.3. The molecule has 0 bridgehead atoms. The molecule has 1 aromatic heterocycles. The Morgan fingerprint density at radius 2 is 1.66 bits per heavy atom. The lowest BCUT2D eigenvalue weighted by Crippen LogP contribution is -2.53. The third kappa shape index (κ3) is 5.67. The van der Waals surface area contributed by atoms with Crippen molar-refractivity contribution in [3.05, 3.63) is 59.8 Å². The zero-order chi connectivity index (χ0) is 23.4. The van der Waals surface area contributed by atoms with Gasteiger partial charge in [0, 0.05) is 31.7 Å². The second-order valence-electron chi connectivity index (χ2n) is 7.97. The minimum Gasteiger partial charge on any atom is -0.475 e. The van der Waals surface area contributed by atoms with Crippen molar-refractivity contribution in [2.75, 3.05) is 19.6 Å². The van der Waals surface area contributed by atoms with Gasteiger partial charge < -0.3 is 14.4 Å². The smallest absolute Gasteiger partial charge is 0.475 e. The fraction of sp³-hybridized carbons (Fsp3) is 0.455. The van der Waals surface area contributed by atoms with E-state index in [0.29, 0.717) is 5.76 Å². The van der Waals surface area contributed by atoms with Gasteiger partial charge in [-0.3, -0.25) is 9.69 Å². The molecule has 0 radical (unpaired) electrons. The maximum Gasteiger partial charge on any atom is 0.490 e. The number of likely N-dealkylation sites (tertiary alicyclic amines) is 2. The number of aliphatic carboxylic acids is 1. The molecular formula is C22H24F4N2O4. The number of carbonyl (C=O) groups excluding carboxylic acids is 1. The van der Waals surface area contributed by atoms with Gasteiger partial charge in [0.15, 0.2) is 5.76 Å². The van der Waals surface area contributed by atoms with E-state index in [1.165, 1.54) is 12.1 Å². The normalized spacial score (nSPS) is 18.3. The van der Waals surface area contributed by atoms with Crippen molar-refractivity contribution in [3.8, 4) is 0 Å². The fourth-order valence-corrected chi connectivity index (χ4v) is 4.28. The highest BCUT2D eigenvalue weighted by Crippen LogP contribution is 2.39. The third-order valence-corrected chi connectivity index (χ3v) is 5.92. The molecule has 10 heteroatoms. The molecule has 2 aromatic rings. The molecule has 0 unspecified atom stereocenters. The standard InChI is InChI=1S/C20H23FN2O2.C2HF3O2/c21-17-6-4-16(5-7-17)15-22-12-9-20(10-13-22)8-2-11-23(20)19(24)18-3-1-14-25-18;3-2(4,5)1(6)7/h1,3-7,14H,2,8-13,15H2;(H,6,7). The molecule has 0 atom stereocenters. The molecule has 2 aliphatic rings. The fourth-order valence-electron chi connectivity index (χ4n) is 4.28. The Morgan fingerprint density at radius 1 is 1.03 bits per heavy atom. The molecular weight excluding hydrogens is 432 g/mol. The number of halogens is 4. The summed E-state index contributed by atoms with van der Waals surface area (Å²) in [4.78, 5) is 26.1. The highest BCUT2D eigenvalue weighted by Gasteiger charge is 2.46. The molecule has 1 spiro atoms. The summed E-state index contributed by atoms with van der Waals surface area (Å²) in [5, 5.41) is 7.12. The van der Waals surface area contributed by atoms with Crippen LogP contribution in [0.4, 0.5) is 17.6 Å². The van der Waals surface area contributed by atoms with Crippen molar-refractivity contribution in [2.24, 2.45) is 0 Å². The van der Waals surface area contributed by atoms with E-state index in [4.69, 9.17) is 14.3 Å². The van der Waals surface area contributed by atoms with Gasteiger partial charge in [-0.1, -0.05) is 12.1 Å². The van der Waals surface area contributed by atoms with Crippen molar-refractivity contribution in [1.82, 2.24) is 9.80 Å². The van der Waals surface area contributed by atoms with Crippen LogP contribution in [0.25, 0.3) is 0 Å². The molecule has 1 amide bonds. The minimum absolute atomic E-state index is 0.0227. The first-order valence-electron chi connectivity index (χ1n) is 10.2. The van der Waals surface area contributed by atoms with Crippen LogP contribution >= 0.6 is 0 Å². The van der Waals surface area contributed by atoms with Crippen LogP contribution in [0, 0.1) is 5.82 Å². The number of nitrogens with zero attached hydrogens (tertiary/aromatic N) is 2. The number of benzene rings is 1. The molecule has 174 valence electrons. The largest absolute Gasteiger partial charge is 0.490 e. The molecule has 6 nitrogen and oxygen atoms in total. The van der Waals surface area contributed by atoms with Crippen LogP contribution in [0.5, 0.6) is 0 Å². The number of hydrogen-bond donors (Lipinski definition) is 1. The summed E-state index contributed by atoms with van der Waals surface area (Å²) < 4.78 is 50.1. The van der Waals surface area contributed by atoms with E-state index in [1.54, 1.807) is 18.4 Å². The van der Waals surface area contributed by atoms with Gasteiger partial charge >= 0.3 is 12.1 Å². The summed E-state index contributed by atoms with van der Waals surface area (Å²) in [6.07, 6.45) is 0.580. The Labute approximate surface area is 182 Å². The average molecular weight is 456 g/mol. The van der Waals surface area contributed by atoms with E-state index in [1.807, 2.05) is 17.0 Å². The van der Waals surface area contributed by atoms with E-state index in [-0.39, 0.29) is 17.3 Å². The Morgan fingerprint density at radius 3 is 2.19 bits per heavy atom. The number of carboxylic acid groups (broad SMARTS) is 1. The predicted molar refractivity (Wildman–Crippen MR) is 106 cm³/mol. The summed E-state index contributed by atoms with van der Waals surface area (Å²) in [5.74, 6) is -2.49. The second kappa shape index (κ2) is 9.72. The highest BCUT2D eigenvalue weighted by molar-refractivity contribution is 5.92. The van der Waals surface area contributed by atoms with Crippen LogP contribution in [0.3, 0.4) is 0 Å². The number of hydrogen-bond acceptors (Lipinski definition) is 4.